The standard InChI is InChI=1S/C18H15NO3/c1-12(18(20)21)22-15-9-6-14(7-10-15)17-11-8-13-4-2-3-5-16(13)19-17/h2-12H,1H3,(H,20,21). The molecule has 22 heavy (non-hydrogen) atoms. The molecular weight excluding hydrogens is 278 g/mol. The molecule has 0 spiro atoms. The molecule has 0 fully saturated rings. The molecule has 0 aliphatic carbocycles. The van der Waals surface area contributed by atoms with Gasteiger partial charge in [0.1, 0.15) is 5.75 Å². The number of ether oxygens (including phenoxy) is 1. The maximum atomic E-state index is 10.8. The molecule has 0 radical (unpaired) electrons. The zero-order chi connectivity index (χ0) is 15.5. The first-order valence-corrected chi connectivity index (χ1v) is 6.99. The lowest BCUT2D eigenvalue weighted by molar-refractivity contribution is -0.144. The Morgan fingerprint density at radius 1 is 1.05 bits per heavy atom. The van der Waals surface area contributed by atoms with E-state index in [9.17, 15) is 4.79 Å². The number of hydrogen-bond acceptors (Lipinski definition) is 3. The van der Waals surface area contributed by atoms with E-state index in [1.54, 1.807) is 12.1 Å². The van der Waals surface area contributed by atoms with Gasteiger partial charge in [-0.05, 0) is 43.3 Å². The summed E-state index contributed by atoms with van der Waals surface area (Å²) in [5.41, 5.74) is 2.78. The van der Waals surface area contributed by atoms with Crippen LogP contribution in [0.4, 0.5) is 0 Å². The van der Waals surface area contributed by atoms with E-state index in [0.29, 0.717) is 5.75 Å². The van der Waals surface area contributed by atoms with Crippen LogP contribution in [0.25, 0.3) is 22.2 Å². The number of benzene rings is 2. The van der Waals surface area contributed by atoms with Crippen molar-refractivity contribution in [3.05, 3.63) is 60.7 Å². The number of hydrogen-bond donors (Lipinski definition) is 1. The second-order valence-corrected chi connectivity index (χ2v) is 5.01. The van der Waals surface area contributed by atoms with Crippen LogP contribution < -0.4 is 4.74 Å². The summed E-state index contributed by atoms with van der Waals surface area (Å²) in [7, 11) is 0. The molecular formula is C18H15NO3. The number of rotatable bonds is 4. The van der Waals surface area contributed by atoms with Crippen LogP contribution in [-0.2, 0) is 4.79 Å². The van der Waals surface area contributed by atoms with Crippen LogP contribution in [0.1, 0.15) is 6.92 Å². The van der Waals surface area contributed by atoms with Crippen LogP contribution in [0.2, 0.25) is 0 Å². The van der Waals surface area contributed by atoms with Crippen LogP contribution >= 0.6 is 0 Å². The smallest absolute Gasteiger partial charge is 0.344 e. The first-order valence-electron chi connectivity index (χ1n) is 6.99. The zero-order valence-corrected chi connectivity index (χ0v) is 12.1. The minimum Gasteiger partial charge on any atom is -0.479 e. The molecule has 0 saturated carbocycles. The Labute approximate surface area is 128 Å². The van der Waals surface area contributed by atoms with E-state index in [-0.39, 0.29) is 0 Å². The van der Waals surface area contributed by atoms with Crippen LogP contribution in [0.3, 0.4) is 0 Å². The minimum atomic E-state index is -0.986. The van der Waals surface area contributed by atoms with Crippen LogP contribution in [0.5, 0.6) is 5.75 Å². The molecule has 110 valence electrons. The highest BCUT2D eigenvalue weighted by atomic mass is 16.5. The predicted molar refractivity (Wildman–Crippen MR) is 84.9 cm³/mol. The summed E-state index contributed by atoms with van der Waals surface area (Å²) < 4.78 is 5.32. The fourth-order valence-corrected chi connectivity index (χ4v) is 2.19. The highest BCUT2D eigenvalue weighted by molar-refractivity contribution is 5.81. The third-order valence-corrected chi connectivity index (χ3v) is 3.41. The lowest BCUT2D eigenvalue weighted by Crippen LogP contribution is -2.22. The molecule has 0 amide bonds. The molecule has 1 unspecified atom stereocenters. The van der Waals surface area contributed by atoms with Gasteiger partial charge < -0.3 is 9.84 Å². The lowest BCUT2D eigenvalue weighted by Gasteiger charge is -2.10. The van der Waals surface area contributed by atoms with Crippen molar-refractivity contribution in [2.45, 2.75) is 13.0 Å². The van der Waals surface area contributed by atoms with E-state index < -0.39 is 12.1 Å². The largest absolute Gasteiger partial charge is 0.479 e. The Bertz CT molecular complexity index is 812. The summed E-state index contributed by atoms with van der Waals surface area (Å²) in [4.78, 5) is 15.4. The highest BCUT2D eigenvalue weighted by Gasteiger charge is 2.12. The molecule has 4 heteroatoms. The van der Waals surface area contributed by atoms with Gasteiger partial charge in [0, 0.05) is 10.9 Å². The van der Waals surface area contributed by atoms with Gasteiger partial charge in [-0.2, -0.15) is 0 Å². The summed E-state index contributed by atoms with van der Waals surface area (Å²) in [6, 6.07) is 19.2. The summed E-state index contributed by atoms with van der Waals surface area (Å²) >= 11 is 0. The number of fused-ring (bicyclic) bond motifs is 1. The van der Waals surface area contributed by atoms with E-state index in [1.807, 2.05) is 48.5 Å². The molecule has 0 bridgehead atoms. The Hall–Kier alpha value is -2.88. The van der Waals surface area contributed by atoms with Crippen molar-refractivity contribution in [3.63, 3.8) is 0 Å². The second-order valence-electron chi connectivity index (χ2n) is 5.01. The number of nitrogens with zero attached hydrogens (tertiary/aromatic N) is 1. The van der Waals surface area contributed by atoms with Crippen molar-refractivity contribution in [1.29, 1.82) is 0 Å². The number of para-hydroxylation sites is 1. The van der Waals surface area contributed by atoms with Crippen molar-refractivity contribution in [2.75, 3.05) is 0 Å². The third kappa shape index (κ3) is 2.91. The molecule has 0 aliphatic heterocycles. The van der Waals surface area contributed by atoms with Gasteiger partial charge in [-0.15, -0.1) is 0 Å². The van der Waals surface area contributed by atoms with Gasteiger partial charge in [-0.3, -0.25) is 0 Å². The molecule has 1 N–H and O–H groups in total. The van der Waals surface area contributed by atoms with Gasteiger partial charge in [-0.1, -0.05) is 24.3 Å². The Morgan fingerprint density at radius 3 is 2.50 bits per heavy atom. The monoisotopic (exact) mass is 293 g/mol. The van der Waals surface area contributed by atoms with Gasteiger partial charge in [0.2, 0.25) is 0 Å². The average molecular weight is 293 g/mol. The second kappa shape index (κ2) is 5.85. The highest BCUT2D eigenvalue weighted by Crippen LogP contribution is 2.23. The summed E-state index contributed by atoms with van der Waals surface area (Å²) in [6.07, 6.45) is -0.871. The number of carboxylic acid groups (broad SMARTS) is 1. The fraction of sp³-hybridized carbons (Fsp3) is 0.111. The molecule has 1 aromatic heterocycles. The van der Waals surface area contributed by atoms with Crippen molar-refractivity contribution < 1.29 is 14.6 Å². The summed E-state index contributed by atoms with van der Waals surface area (Å²) in [6.45, 7) is 1.50. The maximum Gasteiger partial charge on any atom is 0.344 e. The zero-order valence-electron chi connectivity index (χ0n) is 12.1. The van der Waals surface area contributed by atoms with E-state index >= 15 is 0 Å². The van der Waals surface area contributed by atoms with Crippen molar-refractivity contribution >= 4 is 16.9 Å². The van der Waals surface area contributed by atoms with Crippen molar-refractivity contribution in [1.82, 2.24) is 4.98 Å². The van der Waals surface area contributed by atoms with Crippen LogP contribution in [0, 0.1) is 0 Å². The summed E-state index contributed by atoms with van der Waals surface area (Å²) in [5.74, 6) is -0.459. The fourth-order valence-electron chi connectivity index (χ4n) is 2.19. The van der Waals surface area contributed by atoms with Gasteiger partial charge in [0.25, 0.3) is 0 Å². The topological polar surface area (TPSA) is 59.4 Å². The van der Waals surface area contributed by atoms with Gasteiger partial charge in [0.15, 0.2) is 6.10 Å². The van der Waals surface area contributed by atoms with Crippen molar-refractivity contribution in [2.24, 2.45) is 0 Å². The van der Waals surface area contributed by atoms with E-state index in [0.717, 1.165) is 22.2 Å². The quantitative estimate of drug-likeness (QED) is 0.795. The third-order valence-electron chi connectivity index (χ3n) is 3.41. The molecule has 3 aromatic rings. The SMILES string of the molecule is CC(Oc1ccc(-c2ccc3ccccc3n2)cc1)C(=O)O. The summed E-state index contributed by atoms with van der Waals surface area (Å²) in [5, 5.41) is 9.94. The molecule has 2 aromatic carbocycles. The predicted octanol–water partition coefficient (Wildman–Crippen LogP) is 3.75. The number of carboxylic acids is 1. The van der Waals surface area contributed by atoms with Gasteiger partial charge in [-0.25, -0.2) is 9.78 Å². The van der Waals surface area contributed by atoms with E-state index in [1.165, 1.54) is 6.92 Å². The first-order chi connectivity index (χ1) is 10.6. The van der Waals surface area contributed by atoms with Gasteiger partial charge >= 0.3 is 5.97 Å². The van der Waals surface area contributed by atoms with E-state index in [4.69, 9.17) is 9.84 Å². The van der Waals surface area contributed by atoms with E-state index in [2.05, 4.69) is 4.98 Å². The number of aromatic nitrogens is 1. The van der Waals surface area contributed by atoms with Crippen LogP contribution in [-0.4, -0.2) is 22.2 Å². The molecule has 3 rings (SSSR count). The van der Waals surface area contributed by atoms with Crippen LogP contribution in [0.15, 0.2) is 60.7 Å². The number of pyridine rings is 1. The average Bonchev–Trinajstić information content (AvgIpc) is 2.55. The molecule has 0 aliphatic rings. The Balaban J connectivity index is 1.86. The van der Waals surface area contributed by atoms with Gasteiger partial charge in [0.05, 0.1) is 11.2 Å². The van der Waals surface area contributed by atoms with Crippen molar-refractivity contribution in [3.8, 4) is 17.0 Å². The molecule has 1 heterocycles. The maximum absolute atomic E-state index is 10.8. The normalized spacial score (nSPS) is 12.0. The first kappa shape index (κ1) is 14.1. The number of carbonyl (C=O) groups is 1. The molecule has 4 nitrogen and oxygen atoms in total. The Morgan fingerprint density at radius 2 is 1.77 bits per heavy atom. The molecule has 1 atom stereocenters. The molecule has 0 saturated heterocycles. The Kier molecular flexibility index (Phi) is 3.74. The minimum absolute atomic E-state index is 0.527. The lowest BCUT2D eigenvalue weighted by atomic mass is 10.1. The number of aliphatic carboxylic acids is 1.